The molecule has 0 aliphatic heterocycles. The minimum absolute atomic E-state index is 0.0231. The predicted molar refractivity (Wildman–Crippen MR) is 97.6 cm³/mol. The van der Waals surface area contributed by atoms with Crippen LogP contribution in [0.4, 0.5) is 5.69 Å². The molecule has 5 nitrogen and oxygen atoms in total. The molecule has 0 unspecified atom stereocenters. The van der Waals surface area contributed by atoms with Crippen LogP contribution >= 0.6 is 11.8 Å². The second-order valence-electron chi connectivity index (χ2n) is 5.38. The molecule has 0 saturated heterocycles. The summed E-state index contributed by atoms with van der Waals surface area (Å²) in [4.78, 5) is 13.1. The first-order chi connectivity index (χ1) is 11.3. The molecule has 0 saturated carbocycles. The van der Waals surface area contributed by atoms with Gasteiger partial charge in [0.2, 0.25) is 15.9 Å². The van der Waals surface area contributed by atoms with Crippen molar-refractivity contribution in [2.45, 2.75) is 29.6 Å². The van der Waals surface area contributed by atoms with Gasteiger partial charge in [0.25, 0.3) is 0 Å². The molecular formula is C17H20N2O3S2. The lowest BCUT2D eigenvalue weighted by Crippen LogP contribution is -2.13. The van der Waals surface area contributed by atoms with Crippen molar-refractivity contribution in [3.8, 4) is 0 Å². The van der Waals surface area contributed by atoms with E-state index in [4.69, 9.17) is 5.14 Å². The number of carbonyl (C=O) groups excluding carboxylic acids is 1. The predicted octanol–water partition coefficient (Wildman–Crippen LogP) is 3.15. The van der Waals surface area contributed by atoms with Crippen LogP contribution in [0.25, 0.3) is 0 Å². The van der Waals surface area contributed by atoms with E-state index in [0.717, 1.165) is 12.2 Å². The third-order valence-electron chi connectivity index (χ3n) is 3.30. The quantitative estimate of drug-likeness (QED) is 0.583. The standard InChI is InChI=1S/C17H20N2O3S2/c1-13-4-8-15(9-5-13)23-12-2-3-17(20)19-14-6-10-16(11-7-14)24(18,21)22/h4-11H,2-3,12H2,1H3,(H,19,20)(H2,18,21,22). The Morgan fingerprint density at radius 3 is 2.29 bits per heavy atom. The van der Waals surface area contributed by atoms with Crippen molar-refractivity contribution in [1.82, 2.24) is 0 Å². The molecule has 3 N–H and O–H groups in total. The number of nitrogens with one attached hydrogen (secondary N) is 1. The molecule has 0 fully saturated rings. The van der Waals surface area contributed by atoms with Crippen LogP contribution in [0.5, 0.6) is 0 Å². The van der Waals surface area contributed by atoms with E-state index in [1.807, 2.05) is 6.92 Å². The Kier molecular flexibility index (Phi) is 6.42. The minimum Gasteiger partial charge on any atom is -0.326 e. The Morgan fingerprint density at radius 2 is 1.71 bits per heavy atom. The summed E-state index contributed by atoms with van der Waals surface area (Å²) in [7, 11) is -3.71. The van der Waals surface area contributed by atoms with Crippen molar-refractivity contribution < 1.29 is 13.2 Å². The maximum Gasteiger partial charge on any atom is 0.238 e. The lowest BCUT2D eigenvalue weighted by molar-refractivity contribution is -0.116. The summed E-state index contributed by atoms with van der Waals surface area (Å²) < 4.78 is 22.3. The summed E-state index contributed by atoms with van der Waals surface area (Å²) in [6, 6.07) is 14.1. The second-order valence-corrected chi connectivity index (χ2v) is 8.11. The van der Waals surface area contributed by atoms with Crippen LogP contribution in [0.15, 0.2) is 58.3 Å². The largest absolute Gasteiger partial charge is 0.326 e. The number of carbonyl (C=O) groups is 1. The fourth-order valence-corrected chi connectivity index (χ4v) is 3.38. The number of primary sulfonamides is 1. The molecule has 0 spiro atoms. The summed E-state index contributed by atoms with van der Waals surface area (Å²) in [6.07, 6.45) is 1.18. The molecular weight excluding hydrogens is 344 g/mol. The lowest BCUT2D eigenvalue weighted by Gasteiger charge is -2.06. The second kappa shape index (κ2) is 8.32. The number of amides is 1. The highest BCUT2D eigenvalue weighted by Crippen LogP contribution is 2.20. The third-order valence-corrected chi connectivity index (χ3v) is 5.33. The highest BCUT2D eigenvalue weighted by molar-refractivity contribution is 7.99. The Balaban J connectivity index is 1.74. The smallest absolute Gasteiger partial charge is 0.238 e. The van der Waals surface area contributed by atoms with E-state index < -0.39 is 10.0 Å². The van der Waals surface area contributed by atoms with Gasteiger partial charge in [0.05, 0.1) is 4.90 Å². The minimum atomic E-state index is -3.71. The number of anilines is 1. The van der Waals surface area contributed by atoms with Gasteiger partial charge in [0.15, 0.2) is 0 Å². The van der Waals surface area contributed by atoms with E-state index in [9.17, 15) is 13.2 Å². The summed E-state index contributed by atoms with van der Waals surface area (Å²) in [5.74, 6) is 0.767. The van der Waals surface area contributed by atoms with E-state index in [-0.39, 0.29) is 10.8 Å². The Hall–Kier alpha value is -1.83. The Bertz CT molecular complexity index is 786. The lowest BCUT2D eigenvalue weighted by atomic mass is 10.2. The molecule has 0 bridgehead atoms. The normalized spacial score (nSPS) is 11.2. The maximum atomic E-state index is 11.9. The van der Waals surface area contributed by atoms with E-state index >= 15 is 0 Å². The van der Waals surface area contributed by atoms with Crippen LogP contribution in [-0.4, -0.2) is 20.1 Å². The van der Waals surface area contributed by atoms with E-state index in [2.05, 4.69) is 29.6 Å². The first-order valence-corrected chi connectivity index (χ1v) is 10.00. The van der Waals surface area contributed by atoms with E-state index in [1.54, 1.807) is 11.8 Å². The molecule has 1 amide bonds. The fourth-order valence-electron chi connectivity index (χ4n) is 2.01. The molecule has 0 heterocycles. The van der Waals surface area contributed by atoms with Crippen LogP contribution in [-0.2, 0) is 14.8 Å². The zero-order valence-corrected chi connectivity index (χ0v) is 15.0. The van der Waals surface area contributed by atoms with Crippen LogP contribution in [0.2, 0.25) is 0 Å². The summed E-state index contributed by atoms with van der Waals surface area (Å²) >= 11 is 1.72. The average molecular weight is 364 g/mol. The molecule has 2 rings (SSSR count). The molecule has 0 aliphatic carbocycles. The first-order valence-electron chi connectivity index (χ1n) is 7.47. The van der Waals surface area contributed by atoms with Crippen LogP contribution in [0.3, 0.4) is 0 Å². The van der Waals surface area contributed by atoms with Crippen LogP contribution < -0.4 is 10.5 Å². The highest BCUT2D eigenvalue weighted by atomic mass is 32.2. The molecule has 24 heavy (non-hydrogen) atoms. The Labute approximate surface area is 146 Å². The molecule has 0 aromatic heterocycles. The molecule has 0 atom stereocenters. The van der Waals surface area contributed by atoms with Gasteiger partial charge >= 0.3 is 0 Å². The van der Waals surface area contributed by atoms with Gasteiger partial charge in [0.1, 0.15) is 0 Å². The van der Waals surface area contributed by atoms with Crippen molar-refractivity contribution >= 4 is 33.4 Å². The number of benzene rings is 2. The fraction of sp³-hybridized carbons (Fsp3) is 0.235. The van der Waals surface area contributed by atoms with Gasteiger partial charge in [-0.25, -0.2) is 13.6 Å². The van der Waals surface area contributed by atoms with Gasteiger partial charge in [0, 0.05) is 17.0 Å². The van der Waals surface area contributed by atoms with Crippen molar-refractivity contribution in [1.29, 1.82) is 0 Å². The van der Waals surface area contributed by atoms with Gasteiger partial charge in [-0.1, -0.05) is 17.7 Å². The Morgan fingerprint density at radius 1 is 1.08 bits per heavy atom. The van der Waals surface area contributed by atoms with Crippen LogP contribution in [0.1, 0.15) is 18.4 Å². The molecule has 2 aromatic carbocycles. The van der Waals surface area contributed by atoms with E-state index in [0.29, 0.717) is 12.1 Å². The van der Waals surface area contributed by atoms with Crippen molar-refractivity contribution in [2.24, 2.45) is 5.14 Å². The molecule has 128 valence electrons. The summed E-state index contributed by atoms with van der Waals surface area (Å²) in [6.45, 7) is 2.05. The van der Waals surface area contributed by atoms with Crippen molar-refractivity contribution in [3.63, 3.8) is 0 Å². The molecule has 7 heteroatoms. The van der Waals surface area contributed by atoms with E-state index in [1.165, 1.54) is 34.7 Å². The number of thioether (sulfide) groups is 1. The van der Waals surface area contributed by atoms with Gasteiger partial charge < -0.3 is 5.32 Å². The van der Waals surface area contributed by atoms with Gasteiger partial charge in [-0.3, -0.25) is 4.79 Å². The summed E-state index contributed by atoms with van der Waals surface area (Å²) in [5.41, 5.74) is 1.78. The highest BCUT2D eigenvalue weighted by Gasteiger charge is 2.08. The monoisotopic (exact) mass is 364 g/mol. The average Bonchev–Trinajstić information content (AvgIpc) is 2.53. The molecule has 0 aliphatic rings. The number of sulfonamides is 1. The topological polar surface area (TPSA) is 89.3 Å². The third kappa shape index (κ3) is 5.99. The number of hydrogen-bond acceptors (Lipinski definition) is 4. The summed E-state index contributed by atoms with van der Waals surface area (Å²) in [5, 5.41) is 7.77. The number of rotatable bonds is 7. The number of nitrogens with two attached hydrogens (primary N) is 1. The zero-order valence-electron chi connectivity index (χ0n) is 13.4. The molecule has 2 aromatic rings. The first kappa shape index (κ1) is 18.5. The van der Waals surface area contributed by atoms with Crippen molar-refractivity contribution in [3.05, 3.63) is 54.1 Å². The van der Waals surface area contributed by atoms with Gasteiger partial charge in [-0.2, -0.15) is 0 Å². The zero-order chi connectivity index (χ0) is 17.6. The van der Waals surface area contributed by atoms with Crippen molar-refractivity contribution in [2.75, 3.05) is 11.1 Å². The number of hydrogen-bond donors (Lipinski definition) is 2. The molecule has 0 radical (unpaired) electrons. The SMILES string of the molecule is Cc1ccc(SCCCC(=O)Nc2ccc(S(N)(=O)=O)cc2)cc1. The van der Waals surface area contributed by atoms with Gasteiger partial charge in [-0.05, 0) is 55.5 Å². The van der Waals surface area contributed by atoms with Gasteiger partial charge in [-0.15, -0.1) is 11.8 Å². The number of aryl methyl sites for hydroxylation is 1. The maximum absolute atomic E-state index is 11.9. The van der Waals surface area contributed by atoms with Crippen LogP contribution in [0, 0.1) is 6.92 Å².